The van der Waals surface area contributed by atoms with Crippen LogP contribution in [0.1, 0.15) is 17.5 Å². The van der Waals surface area contributed by atoms with Gasteiger partial charge in [-0.2, -0.15) is 13.2 Å². The van der Waals surface area contributed by atoms with Gasteiger partial charge in [-0.15, -0.1) is 0 Å². The van der Waals surface area contributed by atoms with E-state index in [4.69, 9.17) is 0 Å². The van der Waals surface area contributed by atoms with Crippen molar-refractivity contribution in [2.75, 3.05) is 13.1 Å². The van der Waals surface area contributed by atoms with Gasteiger partial charge in [0.15, 0.2) is 0 Å². The Morgan fingerprint density at radius 1 is 1.32 bits per heavy atom. The molecule has 1 atom stereocenters. The molecule has 0 saturated carbocycles. The lowest BCUT2D eigenvalue weighted by molar-refractivity contribution is -0.137. The summed E-state index contributed by atoms with van der Waals surface area (Å²) in [5.41, 5.74) is -0.0820. The highest BCUT2D eigenvalue weighted by Crippen LogP contribution is 2.29. The van der Waals surface area contributed by atoms with Crippen molar-refractivity contribution in [1.29, 1.82) is 0 Å². The molecule has 19 heavy (non-hydrogen) atoms. The van der Waals surface area contributed by atoms with Crippen LogP contribution < -0.4 is 0 Å². The zero-order valence-corrected chi connectivity index (χ0v) is 11.7. The first-order valence-electron chi connectivity index (χ1n) is 5.94. The molecule has 1 aromatic rings. The van der Waals surface area contributed by atoms with Crippen molar-refractivity contribution >= 4 is 21.8 Å². The molecule has 1 amide bonds. The van der Waals surface area contributed by atoms with E-state index in [-0.39, 0.29) is 12.3 Å². The van der Waals surface area contributed by atoms with Crippen molar-refractivity contribution in [2.24, 2.45) is 0 Å². The fourth-order valence-electron chi connectivity index (χ4n) is 2.04. The Morgan fingerprint density at radius 2 is 1.95 bits per heavy atom. The molecule has 1 aliphatic heterocycles. The summed E-state index contributed by atoms with van der Waals surface area (Å²) >= 11 is 3.44. The number of amides is 1. The Kier molecular flexibility index (Phi) is 4.18. The van der Waals surface area contributed by atoms with Crippen LogP contribution in [0.5, 0.6) is 0 Å². The number of alkyl halides is 4. The number of benzene rings is 1. The van der Waals surface area contributed by atoms with Gasteiger partial charge < -0.3 is 4.90 Å². The summed E-state index contributed by atoms with van der Waals surface area (Å²) in [6.45, 7) is 1.37. The van der Waals surface area contributed by atoms with Gasteiger partial charge in [0, 0.05) is 17.9 Å². The summed E-state index contributed by atoms with van der Waals surface area (Å²) in [6.07, 6.45) is -3.27. The molecule has 0 bridgehead atoms. The lowest BCUT2D eigenvalue weighted by atomic mass is 10.1. The third-order valence-electron chi connectivity index (χ3n) is 3.12. The van der Waals surface area contributed by atoms with E-state index >= 15 is 0 Å². The molecule has 2 nitrogen and oxygen atoms in total. The van der Waals surface area contributed by atoms with E-state index < -0.39 is 11.7 Å². The van der Waals surface area contributed by atoms with Gasteiger partial charge >= 0.3 is 6.18 Å². The molecular formula is C13H13BrF3NO. The van der Waals surface area contributed by atoms with Crippen molar-refractivity contribution in [3.8, 4) is 0 Å². The zero-order valence-electron chi connectivity index (χ0n) is 10.1. The van der Waals surface area contributed by atoms with Crippen molar-refractivity contribution in [3.63, 3.8) is 0 Å². The summed E-state index contributed by atoms with van der Waals surface area (Å²) in [5, 5.41) is 0. The summed E-state index contributed by atoms with van der Waals surface area (Å²) < 4.78 is 37.2. The molecule has 0 aliphatic carbocycles. The number of hydrogen-bond donors (Lipinski definition) is 0. The van der Waals surface area contributed by atoms with Gasteiger partial charge in [0.2, 0.25) is 5.91 Å². The highest BCUT2D eigenvalue weighted by atomic mass is 79.9. The van der Waals surface area contributed by atoms with E-state index in [1.807, 2.05) is 0 Å². The molecule has 0 radical (unpaired) electrons. The van der Waals surface area contributed by atoms with E-state index in [1.165, 1.54) is 12.1 Å². The van der Waals surface area contributed by atoms with Crippen LogP contribution in [0.25, 0.3) is 0 Å². The summed E-state index contributed by atoms with van der Waals surface area (Å²) in [5.74, 6) is -0.0401. The first-order valence-corrected chi connectivity index (χ1v) is 6.86. The molecule has 1 aliphatic rings. The van der Waals surface area contributed by atoms with Crippen molar-refractivity contribution < 1.29 is 18.0 Å². The summed E-state index contributed by atoms with van der Waals surface area (Å²) in [4.78, 5) is 14.0. The predicted octanol–water partition coefficient (Wildman–Crippen LogP) is 3.24. The predicted molar refractivity (Wildman–Crippen MR) is 69.1 cm³/mol. The van der Waals surface area contributed by atoms with Crippen LogP contribution >= 0.6 is 15.9 Å². The number of carbonyl (C=O) groups excluding carboxylic acids is 1. The quantitative estimate of drug-likeness (QED) is 0.760. The maximum atomic E-state index is 12.4. The van der Waals surface area contributed by atoms with Crippen LogP contribution in [0.15, 0.2) is 24.3 Å². The van der Waals surface area contributed by atoms with Gasteiger partial charge in [-0.05, 0) is 24.1 Å². The number of likely N-dealkylation sites (tertiary alicyclic amines) is 1. The highest BCUT2D eigenvalue weighted by Gasteiger charge is 2.30. The van der Waals surface area contributed by atoms with Crippen molar-refractivity contribution in [1.82, 2.24) is 4.90 Å². The lowest BCUT2D eigenvalue weighted by Crippen LogP contribution is -2.30. The minimum Gasteiger partial charge on any atom is -0.341 e. The van der Waals surface area contributed by atoms with E-state index in [1.54, 1.807) is 4.90 Å². The number of carbonyl (C=O) groups is 1. The summed E-state index contributed by atoms with van der Waals surface area (Å²) in [7, 11) is 0. The molecule has 0 N–H and O–H groups in total. The van der Waals surface area contributed by atoms with Gasteiger partial charge in [-0.3, -0.25) is 4.79 Å². The molecule has 1 aromatic carbocycles. The first kappa shape index (κ1) is 14.4. The normalized spacial score (nSPS) is 19.8. The van der Waals surface area contributed by atoms with Gasteiger partial charge in [0.1, 0.15) is 0 Å². The van der Waals surface area contributed by atoms with E-state index in [0.717, 1.165) is 18.6 Å². The van der Waals surface area contributed by atoms with Crippen molar-refractivity contribution in [2.45, 2.75) is 23.8 Å². The van der Waals surface area contributed by atoms with Gasteiger partial charge in [-0.1, -0.05) is 28.1 Å². The fourth-order valence-corrected chi connectivity index (χ4v) is 2.60. The lowest BCUT2D eigenvalue weighted by Gasteiger charge is -2.15. The van der Waals surface area contributed by atoms with Gasteiger partial charge in [0.05, 0.1) is 12.0 Å². The minimum atomic E-state index is -4.33. The van der Waals surface area contributed by atoms with Crippen LogP contribution in [0.2, 0.25) is 0 Å². The van der Waals surface area contributed by atoms with Crippen LogP contribution in [0.4, 0.5) is 13.2 Å². The average molecular weight is 336 g/mol. The maximum Gasteiger partial charge on any atom is 0.416 e. The Morgan fingerprint density at radius 3 is 2.42 bits per heavy atom. The number of halogens is 4. The topological polar surface area (TPSA) is 20.3 Å². The first-order chi connectivity index (χ1) is 8.86. The zero-order chi connectivity index (χ0) is 14.0. The molecule has 0 spiro atoms. The Balaban J connectivity index is 1.98. The number of nitrogens with zero attached hydrogens (tertiary/aromatic N) is 1. The number of rotatable bonds is 2. The molecule has 0 aromatic heterocycles. The second kappa shape index (κ2) is 5.53. The Bertz CT molecular complexity index is 458. The fraction of sp³-hybridized carbons (Fsp3) is 0.462. The third-order valence-corrected chi connectivity index (χ3v) is 3.87. The smallest absolute Gasteiger partial charge is 0.341 e. The molecule has 104 valence electrons. The Hall–Kier alpha value is -1.04. The van der Waals surface area contributed by atoms with Crippen molar-refractivity contribution in [3.05, 3.63) is 35.4 Å². The van der Waals surface area contributed by atoms with Crippen LogP contribution in [-0.4, -0.2) is 28.7 Å². The third kappa shape index (κ3) is 3.72. The Labute approximate surface area is 117 Å². The van der Waals surface area contributed by atoms with E-state index in [9.17, 15) is 18.0 Å². The van der Waals surface area contributed by atoms with Crippen LogP contribution in [0, 0.1) is 0 Å². The molecule has 6 heteroatoms. The number of hydrogen-bond acceptors (Lipinski definition) is 1. The standard InChI is InChI=1S/C13H13BrF3NO/c14-11-5-6-18(8-11)12(19)7-9-1-3-10(4-2-9)13(15,16)17/h1-4,11H,5-8H2. The summed E-state index contributed by atoms with van der Waals surface area (Å²) in [6, 6.07) is 4.75. The molecule has 1 unspecified atom stereocenters. The SMILES string of the molecule is O=C(Cc1ccc(C(F)(F)F)cc1)N1CCC(Br)C1. The maximum absolute atomic E-state index is 12.4. The molecule has 2 rings (SSSR count). The molecule has 1 saturated heterocycles. The average Bonchev–Trinajstić information content (AvgIpc) is 2.75. The van der Waals surface area contributed by atoms with Gasteiger partial charge in [-0.25, -0.2) is 0 Å². The van der Waals surface area contributed by atoms with Crippen LogP contribution in [0.3, 0.4) is 0 Å². The molecular weight excluding hydrogens is 323 g/mol. The van der Waals surface area contributed by atoms with E-state index in [2.05, 4.69) is 15.9 Å². The second-order valence-electron chi connectivity index (χ2n) is 4.60. The second-order valence-corrected chi connectivity index (χ2v) is 5.89. The highest BCUT2D eigenvalue weighted by molar-refractivity contribution is 9.09. The monoisotopic (exact) mass is 335 g/mol. The van der Waals surface area contributed by atoms with Gasteiger partial charge in [0.25, 0.3) is 0 Å². The molecule has 1 fully saturated rings. The van der Waals surface area contributed by atoms with Crippen LogP contribution in [-0.2, 0) is 17.4 Å². The molecule has 1 heterocycles. The largest absolute Gasteiger partial charge is 0.416 e. The van der Waals surface area contributed by atoms with E-state index in [0.29, 0.717) is 23.5 Å². The minimum absolute atomic E-state index is 0.0401.